The van der Waals surface area contributed by atoms with Crippen LogP contribution in [-0.4, -0.2) is 14.2 Å². The molecule has 2 nitrogen and oxygen atoms in total. The maximum Gasteiger partial charge on any atom is 0.123 e. The smallest absolute Gasteiger partial charge is 0.123 e. The van der Waals surface area contributed by atoms with E-state index in [0.717, 1.165) is 28.2 Å². The van der Waals surface area contributed by atoms with Crippen LogP contribution in [0.2, 0.25) is 5.02 Å². The number of aryl methyl sites for hydroxylation is 1. The molecule has 0 heterocycles. The fourth-order valence-corrected chi connectivity index (χ4v) is 2.90. The fourth-order valence-electron chi connectivity index (χ4n) is 2.08. The summed E-state index contributed by atoms with van der Waals surface area (Å²) in [4.78, 5) is -0.00866. The summed E-state index contributed by atoms with van der Waals surface area (Å²) < 4.78 is 10.8. The van der Waals surface area contributed by atoms with Gasteiger partial charge in [-0.25, -0.2) is 0 Å². The highest BCUT2D eigenvalue weighted by Crippen LogP contribution is 2.39. The van der Waals surface area contributed by atoms with Crippen molar-refractivity contribution in [3.05, 3.63) is 58.1 Å². The van der Waals surface area contributed by atoms with E-state index < -0.39 is 0 Å². The molecule has 0 N–H and O–H groups in total. The van der Waals surface area contributed by atoms with Gasteiger partial charge in [0.2, 0.25) is 0 Å². The van der Waals surface area contributed by atoms with Gasteiger partial charge >= 0.3 is 0 Å². The van der Waals surface area contributed by atoms with Crippen LogP contribution in [0, 0.1) is 6.92 Å². The zero-order chi connectivity index (χ0) is 14.7. The Hall–Kier alpha value is -1.19. The molecule has 1 atom stereocenters. The maximum atomic E-state index is 6.09. The van der Waals surface area contributed by atoms with Gasteiger partial charge in [-0.3, -0.25) is 0 Å². The Morgan fingerprint density at radius 2 is 1.70 bits per heavy atom. The Labute approximate surface area is 132 Å². The van der Waals surface area contributed by atoms with Gasteiger partial charge in [-0.15, -0.1) is 0 Å². The molecule has 106 valence electrons. The first-order valence-electron chi connectivity index (χ1n) is 6.19. The van der Waals surface area contributed by atoms with E-state index in [9.17, 15) is 0 Å². The molecule has 0 radical (unpaired) electrons. The number of rotatable bonds is 4. The van der Waals surface area contributed by atoms with Gasteiger partial charge in [-0.1, -0.05) is 39.7 Å². The fraction of sp³-hybridized carbons (Fsp3) is 0.250. The van der Waals surface area contributed by atoms with E-state index in [4.69, 9.17) is 21.1 Å². The maximum absolute atomic E-state index is 6.09. The van der Waals surface area contributed by atoms with Gasteiger partial charge in [0.15, 0.2) is 0 Å². The van der Waals surface area contributed by atoms with Crippen LogP contribution in [0.1, 0.15) is 21.5 Å². The van der Waals surface area contributed by atoms with Gasteiger partial charge in [0.1, 0.15) is 11.5 Å². The van der Waals surface area contributed by atoms with Gasteiger partial charge in [0, 0.05) is 10.6 Å². The van der Waals surface area contributed by atoms with Crippen LogP contribution in [0.4, 0.5) is 0 Å². The molecule has 1 unspecified atom stereocenters. The highest BCUT2D eigenvalue weighted by atomic mass is 79.9. The molecule has 0 saturated carbocycles. The van der Waals surface area contributed by atoms with Crippen LogP contribution in [0.15, 0.2) is 36.4 Å². The lowest BCUT2D eigenvalue weighted by molar-refractivity contribution is 0.409. The molecule has 0 aromatic heterocycles. The Bertz CT molecular complexity index is 613. The minimum Gasteiger partial charge on any atom is -0.496 e. The monoisotopic (exact) mass is 354 g/mol. The Balaban J connectivity index is 2.45. The molecule has 2 aromatic rings. The summed E-state index contributed by atoms with van der Waals surface area (Å²) in [5.74, 6) is 1.67. The number of methoxy groups -OCH3 is 2. The van der Waals surface area contributed by atoms with Crippen LogP contribution in [0.25, 0.3) is 0 Å². The summed E-state index contributed by atoms with van der Waals surface area (Å²) in [6.07, 6.45) is 0. The molecular formula is C16H16BrClO2. The van der Waals surface area contributed by atoms with Crippen molar-refractivity contribution in [2.45, 2.75) is 11.8 Å². The topological polar surface area (TPSA) is 18.5 Å². The summed E-state index contributed by atoms with van der Waals surface area (Å²) in [7, 11) is 3.33. The average molecular weight is 356 g/mol. The molecule has 2 rings (SSSR count). The molecule has 2 aromatic carbocycles. The second kappa shape index (κ2) is 6.51. The lowest BCUT2D eigenvalue weighted by Crippen LogP contribution is -1.98. The first kappa shape index (κ1) is 15.2. The van der Waals surface area contributed by atoms with Gasteiger partial charge in [-0.05, 0) is 42.3 Å². The Kier molecular flexibility index (Phi) is 4.95. The molecular weight excluding hydrogens is 340 g/mol. The second-order valence-corrected chi connectivity index (χ2v) is 5.83. The number of halogens is 2. The van der Waals surface area contributed by atoms with Crippen molar-refractivity contribution in [2.24, 2.45) is 0 Å². The molecule has 0 aliphatic heterocycles. The first-order valence-corrected chi connectivity index (χ1v) is 7.48. The Morgan fingerprint density at radius 3 is 2.35 bits per heavy atom. The van der Waals surface area contributed by atoms with E-state index in [2.05, 4.69) is 22.0 Å². The molecule has 0 spiro atoms. The zero-order valence-electron chi connectivity index (χ0n) is 11.6. The highest BCUT2D eigenvalue weighted by molar-refractivity contribution is 9.09. The summed E-state index contributed by atoms with van der Waals surface area (Å²) in [5.41, 5.74) is 3.19. The third-order valence-electron chi connectivity index (χ3n) is 3.19. The normalized spacial score (nSPS) is 12.1. The SMILES string of the molecule is COc1cc(C(Br)c2cc(Cl)ccc2OC)ccc1C. The first-order chi connectivity index (χ1) is 9.56. The van der Waals surface area contributed by atoms with E-state index >= 15 is 0 Å². The van der Waals surface area contributed by atoms with Crippen LogP contribution in [-0.2, 0) is 0 Å². The summed E-state index contributed by atoms with van der Waals surface area (Å²) in [6, 6.07) is 11.7. The number of hydrogen-bond donors (Lipinski definition) is 0. The van der Waals surface area contributed by atoms with Gasteiger partial charge < -0.3 is 9.47 Å². The molecule has 0 amide bonds. The van der Waals surface area contributed by atoms with E-state index in [-0.39, 0.29) is 4.83 Å². The molecule has 20 heavy (non-hydrogen) atoms. The minimum absolute atomic E-state index is 0.00866. The predicted octanol–water partition coefficient (Wildman–Crippen LogP) is 5.15. The number of ether oxygens (including phenoxy) is 2. The lowest BCUT2D eigenvalue weighted by Gasteiger charge is -2.16. The van der Waals surface area contributed by atoms with Crippen molar-refractivity contribution in [1.82, 2.24) is 0 Å². The van der Waals surface area contributed by atoms with Crippen LogP contribution < -0.4 is 9.47 Å². The molecule has 0 fully saturated rings. The summed E-state index contributed by atoms with van der Waals surface area (Å²) in [6.45, 7) is 2.02. The van der Waals surface area contributed by atoms with Crippen molar-refractivity contribution in [1.29, 1.82) is 0 Å². The standard InChI is InChI=1S/C16H16BrClO2/c1-10-4-5-11(8-15(10)20-3)16(17)13-9-12(18)6-7-14(13)19-2/h4-9,16H,1-3H3. The molecule has 0 aliphatic carbocycles. The van der Waals surface area contributed by atoms with E-state index in [1.807, 2.05) is 37.3 Å². The van der Waals surface area contributed by atoms with Gasteiger partial charge in [0.25, 0.3) is 0 Å². The predicted molar refractivity (Wildman–Crippen MR) is 86.5 cm³/mol. The van der Waals surface area contributed by atoms with Crippen LogP contribution in [0.5, 0.6) is 11.5 Å². The van der Waals surface area contributed by atoms with Crippen LogP contribution >= 0.6 is 27.5 Å². The Morgan fingerprint density at radius 1 is 1.00 bits per heavy atom. The average Bonchev–Trinajstić information content (AvgIpc) is 2.47. The zero-order valence-corrected chi connectivity index (χ0v) is 14.0. The van der Waals surface area contributed by atoms with Crippen molar-refractivity contribution in [2.75, 3.05) is 14.2 Å². The van der Waals surface area contributed by atoms with Crippen molar-refractivity contribution >= 4 is 27.5 Å². The molecule has 0 aliphatic rings. The van der Waals surface area contributed by atoms with E-state index in [0.29, 0.717) is 5.02 Å². The number of alkyl halides is 1. The van der Waals surface area contributed by atoms with Crippen molar-refractivity contribution in [3.8, 4) is 11.5 Å². The van der Waals surface area contributed by atoms with Crippen molar-refractivity contribution < 1.29 is 9.47 Å². The second-order valence-electron chi connectivity index (χ2n) is 4.48. The van der Waals surface area contributed by atoms with Gasteiger partial charge in [-0.2, -0.15) is 0 Å². The third-order valence-corrected chi connectivity index (χ3v) is 4.45. The minimum atomic E-state index is -0.00866. The number of benzene rings is 2. The highest BCUT2D eigenvalue weighted by Gasteiger charge is 2.17. The largest absolute Gasteiger partial charge is 0.496 e. The number of hydrogen-bond acceptors (Lipinski definition) is 2. The molecule has 0 saturated heterocycles. The molecule has 0 bridgehead atoms. The molecule has 4 heteroatoms. The van der Waals surface area contributed by atoms with E-state index in [1.165, 1.54) is 0 Å². The van der Waals surface area contributed by atoms with Crippen molar-refractivity contribution in [3.63, 3.8) is 0 Å². The lowest BCUT2D eigenvalue weighted by atomic mass is 10.0. The quantitative estimate of drug-likeness (QED) is 0.706. The summed E-state index contributed by atoms with van der Waals surface area (Å²) in [5, 5.41) is 0.685. The van der Waals surface area contributed by atoms with Gasteiger partial charge in [0.05, 0.1) is 19.0 Å². The van der Waals surface area contributed by atoms with Crippen LogP contribution in [0.3, 0.4) is 0 Å². The summed E-state index contributed by atoms with van der Waals surface area (Å²) >= 11 is 9.80. The third kappa shape index (κ3) is 3.10. The van der Waals surface area contributed by atoms with E-state index in [1.54, 1.807) is 14.2 Å².